The van der Waals surface area contributed by atoms with Crippen molar-refractivity contribution in [2.75, 3.05) is 42.5 Å². The van der Waals surface area contributed by atoms with Gasteiger partial charge in [-0.05, 0) is 46.2 Å². The van der Waals surface area contributed by atoms with E-state index in [0.717, 1.165) is 42.0 Å². The van der Waals surface area contributed by atoms with Crippen LogP contribution in [0.5, 0.6) is 0 Å². The summed E-state index contributed by atoms with van der Waals surface area (Å²) in [5, 5.41) is 10.3. The number of fused-ring (bicyclic) bond motifs is 1. The summed E-state index contributed by atoms with van der Waals surface area (Å²) in [5.74, 6) is 1.50. The number of carbonyl (C=O) groups excluding carboxylic acids is 1. The molecule has 2 aliphatic heterocycles. The summed E-state index contributed by atoms with van der Waals surface area (Å²) in [5.41, 5.74) is 1.83. The molecule has 0 bridgehead atoms. The molecule has 10 heteroatoms. The molecule has 1 atom stereocenters. The van der Waals surface area contributed by atoms with Crippen molar-refractivity contribution in [3.63, 3.8) is 0 Å². The highest BCUT2D eigenvalue weighted by atomic mass is 16.6. The molecule has 0 aromatic carbocycles. The Labute approximate surface area is 204 Å². The number of anilines is 2. The molecule has 10 nitrogen and oxygen atoms in total. The first-order chi connectivity index (χ1) is 16.7. The zero-order valence-electron chi connectivity index (χ0n) is 20.6. The molecule has 0 radical (unpaired) electrons. The first kappa shape index (κ1) is 22.9. The van der Waals surface area contributed by atoms with Crippen LogP contribution in [0.2, 0.25) is 0 Å². The Bertz CT molecular complexity index is 1300. The molecule has 2 fully saturated rings. The number of nitriles is 1. The number of amides is 1. The van der Waals surface area contributed by atoms with Crippen molar-refractivity contribution in [1.29, 1.82) is 5.26 Å². The monoisotopic (exact) mass is 474 g/mol. The predicted molar refractivity (Wildman–Crippen MR) is 133 cm³/mol. The molecule has 1 amide bonds. The number of piperazine rings is 1. The van der Waals surface area contributed by atoms with E-state index in [2.05, 4.69) is 25.8 Å². The summed E-state index contributed by atoms with van der Waals surface area (Å²) in [6.07, 6.45) is 6.12. The van der Waals surface area contributed by atoms with Crippen LogP contribution in [0.4, 0.5) is 16.3 Å². The molecule has 182 valence electrons. The SMILES string of the molecule is C[C@@H]1CN(c2ncnc3c2c(N2CCC2)cn3-c2cc(C#N)ccn2)CCN1C(=O)OC(C)(C)C. The second-order valence-electron chi connectivity index (χ2n) is 10.1. The van der Waals surface area contributed by atoms with Crippen molar-refractivity contribution >= 4 is 28.6 Å². The number of rotatable bonds is 3. The Morgan fingerprint density at radius 3 is 2.60 bits per heavy atom. The van der Waals surface area contributed by atoms with Gasteiger partial charge in [-0.15, -0.1) is 0 Å². The lowest BCUT2D eigenvalue weighted by Crippen LogP contribution is -2.55. The molecule has 2 aliphatic rings. The third-order valence-electron chi connectivity index (χ3n) is 6.42. The highest BCUT2D eigenvalue weighted by Gasteiger charge is 2.33. The van der Waals surface area contributed by atoms with E-state index in [1.807, 2.05) is 38.5 Å². The van der Waals surface area contributed by atoms with Crippen molar-refractivity contribution in [2.24, 2.45) is 0 Å². The number of ether oxygens (including phenoxy) is 1. The van der Waals surface area contributed by atoms with E-state index < -0.39 is 5.60 Å². The fourth-order valence-corrected chi connectivity index (χ4v) is 4.60. The van der Waals surface area contributed by atoms with Gasteiger partial charge >= 0.3 is 6.09 Å². The maximum absolute atomic E-state index is 12.7. The summed E-state index contributed by atoms with van der Waals surface area (Å²) < 4.78 is 7.55. The predicted octanol–water partition coefficient (Wildman–Crippen LogP) is 3.34. The smallest absolute Gasteiger partial charge is 0.410 e. The van der Waals surface area contributed by atoms with E-state index in [1.54, 1.807) is 29.6 Å². The molecule has 3 aromatic rings. The topological polar surface area (TPSA) is 103 Å². The summed E-state index contributed by atoms with van der Waals surface area (Å²) in [4.78, 5) is 32.9. The summed E-state index contributed by atoms with van der Waals surface area (Å²) >= 11 is 0. The molecule has 0 N–H and O–H groups in total. The van der Waals surface area contributed by atoms with Gasteiger partial charge in [0, 0.05) is 51.2 Å². The lowest BCUT2D eigenvalue weighted by molar-refractivity contribution is 0.0159. The van der Waals surface area contributed by atoms with E-state index in [9.17, 15) is 10.1 Å². The molecule has 0 saturated carbocycles. The Morgan fingerprint density at radius 1 is 1.14 bits per heavy atom. The number of hydrogen-bond donors (Lipinski definition) is 0. The van der Waals surface area contributed by atoms with Crippen LogP contribution in [0, 0.1) is 11.3 Å². The average Bonchev–Trinajstić information content (AvgIpc) is 3.16. The third kappa shape index (κ3) is 4.34. The maximum Gasteiger partial charge on any atom is 0.410 e. The minimum absolute atomic E-state index is 0.0351. The van der Waals surface area contributed by atoms with E-state index in [0.29, 0.717) is 31.0 Å². The molecular weight excluding hydrogens is 444 g/mol. The minimum atomic E-state index is -0.529. The molecule has 0 aliphatic carbocycles. The van der Waals surface area contributed by atoms with Crippen LogP contribution >= 0.6 is 0 Å². The quantitative estimate of drug-likeness (QED) is 0.569. The lowest BCUT2D eigenvalue weighted by Gasteiger charge is -2.41. The van der Waals surface area contributed by atoms with E-state index in [-0.39, 0.29) is 12.1 Å². The summed E-state index contributed by atoms with van der Waals surface area (Å²) in [7, 11) is 0. The van der Waals surface area contributed by atoms with Gasteiger partial charge in [0.25, 0.3) is 0 Å². The highest BCUT2D eigenvalue weighted by Crippen LogP contribution is 2.38. The molecule has 3 aromatic heterocycles. The van der Waals surface area contributed by atoms with Crippen molar-refractivity contribution in [1.82, 2.24) is 24.4 Å². The first-order valence-electron chi connectivity index (χ1n) is 12.0. The molecule has 2 saturated heterocycles. The van der Waals surface area contributed by atoms with Gasteiger partial charge in [0.2, 0.25) is 0 Å². The third-order valence-corrected chi connectivity index (χ3v) is 6.42. The second kappa shape index (κ2) is 8.73. The molecule has 5 heterocycles. The Morgan fingerprint density at radius 2 is 1.94 bits per heavy atom. The number of aromatic nitrogens is 4. The van der Waals surface area contributed by atoms with Crippen molar-refractivity contribution in [3.8, 4) is 11.9 Å². The van der Waals surface area contributed by atoms with Gasteiger partial charge in [0.05, 0.1) is 22.7 Å². The minimum Gasteiger partial charge on any atom is -0.444 e. The molecule has 5 rings (SSSR count). The largest absolute Gasteiger partial charge is 0.444 e. The van der Waals surface area contributed by atoms with Crippen LogP contribution in [0.25, 0.3) is 16.9 Å². The Kier molecular flexibility index (Phi) is 5.71. The van der Waals surface area contributed by atoms with Crippen molar-refractivity contribution < 1.29 is 9.53 Å². The average molecular weight is 475 g/mol. The van der Waals surface area contributed by atoms with Crippen LogP contribution in [-0.4, -0.2) is 74.9 Å². The summed E-state index contributed by atoms with van der Waals surface area (Å²) in [6.45, 7) is 11.5. The van der Waals surface area contributed by atoms with E-state index >= 15 is 0 Å². The Balaban J connectivity index is 1.51. The standard InChI is InChI=1S/C25H30N8O2/c1-17-14-31(10-11-32(17)24(34)35-25(2,3)4)22-21-19(30-8-5-9-30)15-33(23(21)29-16-28-22)20-12-18(13-26)6-7-27-20/h6-7,12,15-17H,5,8-11,14H2,1-4H3/t17-/m1/s1. The van der Waals surface area contributed by atoms with E-state index in [4.69, 9.17) is 9.72 Å². The number of pyridine rings is 1. The van der Waals surface area contributed by atoms with Crippen LogP contribution in [0.1, 0.15) is 39.7 Å². The Hall–Kier alpha value is -3.87. The first-order valence-corrected chi connectivity index (χ1v) is 12.0. The molecule has 0 unspecified atom stereocenters. The molecule has 0 spiro atoms. The van der Waals surface area contributed by atoms with Gasteiger partial charge in [0.15, 0.2) is 5.65 Å². The van der Waals surface area contributed by atoms with Gasteiger partial charge in [-0.1, -0.05) is 0 Å². The van der Waals surface area contributed by atoms with Crippen LogP contribution in [0.15, 0.2) is 30.9 Å². The lowest BCUT2D eigenvalue weighted by atomic mass is 10.1. The van der Waals surface area contributed by atoms with Crippen LogP contribution in [0.3, 0.4) is 0 Å². The second-order valence-corrected chi connectivity index (χ2v) is 10.1. The highest BCUT2D eigenvalue weighted by molar-refractivity contribution is 6.00. The number of carbonyl (C=O) groups is 1. The van der Waals surface area contributed by atoms with Gasteiger partial charge in [-0.2, -0.15) is 5.26 Å². The van der Waals surface area contributed by atoms with Gasteiger partial charge < -0.3 is 19.4 Å². The number of nitrogens with zero attached hydrogens (tertiary/aromatic N) is 8. The summed E-state index contributed by atoms with van der Waals surface area (Å²) in [6, 6.07) is 5.61. The zero-order chi connectivity index (χ0) is 24.7. The van der Waals surface area contributed by atoms with Crippen molar-refractivity contribution in [3.05, 3.63) is 36.4 Å². The fourth-order valence-electron chi connectivity index (χ4n) is 4.60. The normalized spacial score (nSPS) is 18.4. The van der Waals surface area contributed by atoms with Gasteiger partial charge in [0.1, 0.15) is 23.6 Å². The van der Waals surface area contributed by atoms with Gasteiger partial charge in [-0.3, -0.25) is 4.57 Å². The van der Waals surface area contributed by atoms with E-state index in [1.165, 1.54) is 0 Å². The molecular formula is C25H30N8O2. The van der Waals surface area contributed by atoms with Crippen molar-refractivity contribution in [2.45, 2.75) is 45.8 Å². The van der Waals surface area contributed by atoms with Crippen LogP contribution in [-0.2, 0) is 4.74 Å². The number of hydrogen-bond acceptors (Lipinski definition) is 8. The van der Waals surface area contributed by atoms with Crippen LogP contribution < -0.4 is 9.80 Å². The maximum atomic E-state index is 12.7. The fraction of sp³-hybridized carbons (Fsp3) is 0.480. The van der Waals surface area contributed by atoms with Gasteiger partial charge in [-0.25, -0.2) is 19.7 Å². The zero-order valence-corrected chi connectivity index (χ0v) is 20.6. The molecule has 35 heavy (non-hydrogen) atoms.